The Balaban J connectivity index is 1.96. The molecule has 0 amide bonds. The Morgan fingerprint density at radius 3 is 2.85 bits per heavy atom. The molecule has 3 N–H and O–H groups in total. The molecule has 0 saturated carbocycles. The van der Waals surface area contributed by atoms with E-state index in [-0.39, 0.29) is 6.04 Å². The van der Waals surface area contributed by atoms with Crippen LogP contribution in [-0.2, 0) is 0 Å². The number of anilines is 2. The predicted molar refractivity (Wildman–Crippen MR) is 77.2 cm³/mol. The Kier molecular flexibility index (Phi) is 2.98. The maximum atomic E-state index is 5.82. The molecule has 0 aliphatic heterocycles. The number of rotatable bonds is 3. The van der Waals surface area contributed by atoms with E-state index >= 15 is 0 Å². The van der Waals surface area contributed by atoms with E-state index in [2.05, 4.69) is 20.3 Å². The molecule has 1 unspecified atom stereocenters. The molecule has 0 fully saturated rings. The molecule has 0 spiro atoms. The molecule has 2 heterocycles. The first-order chi connectivity index (χ1) is 9.63. The van der Waals surface area contributed by atoms with Gasteiger partial charge in [0.05, 0.1) is 11.7 Å². The fourth-order valence-electron chi connectivity index (χ4n) is 2.03. The number of hydrogen-bond donors (Lipinski definition) is 2. The van der Waals surface area contributed by atoms with Crippen LogP contribution in [0.5, 0.6) is 0 Å². The summed E-state index contributed by atoms with van der Waals surface area (Å²) in [5.41, 5.74) is 7.34. The van der Waals surface area contributed by atoms with Gasteiger partial charge in [0.2, 0.25) is 5.89 Å². The highest BCUT2D eigenvalue weighted by molar-refractivity contribution is 5.91. The van der Waals surface area contributed by atoms with Crippen LogP contribution in [0.25, 0.3) is 10.9 Å². The molecule has 3 aromatic rings. The lowest BCUT2D eigenvalue weighted by atomic mass is 10.2. The summed E-state index contributed by atoms with van der Waals surface area (Å²) < 4.78 is 5.51. The first-order valence-electron chi connectivity index (χ1n) is 6.32. The van der Waals surface area contributed by atoms with Gasteiger partial charge in [0.25, 0.3) is 0 Å². The second-order valence-electron chi connectivity index (χ2n) is 4.67. The third kappa shape index (κ3) is 2.27. The second-order valence-corrected chi connectivity index (χ2v) is 4.67. The number of nitrogen functional groups attached to an aromatic ring is 1. The minimum atomic E-state index is -0.0942. The van der Waals surface area contributed by atoms with Crippen LogP contribution >= 0.6 is 0 Å². The maximum Gasteiger partial charge on any atom is 0.216 e. The quantitative estimate of drug-likeness (QED) is 0.710. The predicted octanol–water partition coefficient (Wildman–Crippen LogP) is 2.68. The lowest BCUT2D eigenvalue weighted by Crippen LogP contribution is -2.09. The molecule has 0 bridgehead atoms. The van der Waals surface area contributed by atoms with Crippen molar-refractivity contribution in [1.29, 1.82) is 0 Å². The smallest absolute Gasteiger partial charge is 0.216 e. The number of aryl methyl sites for hydroxylation is 1. The molecule has 3 rings (SSSR count). The minimum Gasteiger partial charge on any atom is -0.444 e. The Bertz CT molecular complexity index is 752. The zero-order valence-electron chi connectivity index (χ0n) is 11.3. The van der Waals surface area contributed by atoms with Gasteiger partial charge in [0.1, 0.15) is 23.9 Å². The molecule has 0 aliphatic carbocycles. The number of nitrogens with two attached hydrogens (primary N) is 1. The maximum absolute atomic E-state index is 5.82. The molecule has 2 aromatic heterocycles. The van der Waals surface area contributed by atoms with Gasteiger partial charge in [-0.3, -0.25) is 0 Å². The van der Waals surface area contributed by atoms with E-state index in [9.17, 15) is 0 Å². The first-order valence-corrected chi connectivity index (χ1v) is 6.32. The second kappa shape index (κ2) is 4.80. The molecule has 0 aliphatic rings. The van der Waals surface area contributed by atoms with Gasteiger partial charge in [-0.1, -0.05) is 0 Å². The van der Waals surface area contributed by atoms with Crippen molar-refractivity contribution in [3.05, 3.63) is 42.4 Å². The number of fused-ring (bicyclic) bond motifs is 1. The van der Waals surface area contributed by atoms with Crippen LogP contribution in [0.15, 0.2) is 35.1 Å². The van der Waals surface area contributed by atoms with Gasteiger partial charge in [-0.25, -0.2) is 15.0 Å². The highest BCUT2D eigenvalue weighted by Crippen LogP contribution is 2.25. The summed E-state index contributed by atoms with van der Waals surface area (Å²) in [6, 6.07) is 5.45. The average molecular weight is 269 g/mol. The summed E-state index contributed by atoms with van der Waals surface area (Å²) in [7, 11) is 0. The standard InChI is InChI=1S/C14H15N5O/c1-8-6-16-14(20-8)9(2)19-13-11-5-10(15)3-4-12(11)17-7-18-13/h3-7,9H,15H2,1-2H3,(H,17,18,19). The average Bonchev–Trinajstić information content (AvgIpc) is 2.86. The van der Waals surface area contributed by atoms with Gasteiger partial charge < -0.3 is 15.5 Å². The van der Waals surface area contributed by atoms with E-state index in [1.54, 1.807) is 6.20 Å². The molecule has 20 heavy (non-hydrogen) atoms. The number of benzene rings is 1. The van der Waals surface area contributed by atoms with E-state index in [0.717, 1.165) is 16.7 Å². The van der Waals surface area contributed by atoms with Crippen LogP contribution in [0, 0.1) is 6.92 Å². The number of hydrogen-bond acceptors (Lipinski definition) is 6. The topological polar surface area (TPSA) is 89.9 Å². The fraction of sp³-hybridized carbons (Fsp3) is 0.214. The van der Waals surface area contributed by atoms with Crippen molar-refractivity contribution in [2.75, 3.05) is 11.1 Å². The van der Waals surface area contributed by atoms with Crippen LogP contribution in [-0.4, -0.2) is 15.0 Å². The Labute approximate surface area is 116 Å². The molecule has 6 heteroatoms. The van der Waals surface area contributed by atoms with Crippen LogP contribution in [0.4, 0.5) is 11.5 Å². The zero-order chi connectivity index (χ0) is 14.1. The summed E-state index contributed by atoms with van der Waals surface area (Å²) in [4.78, 5) is 12.7. The molecule has 0 radical (unpaired) electrons. The number of nitrogens with one attached hydrogen (secondary N) is 1. The minimum absolute atomic E-state index is 0.0942. The van der Waals surface area contributed by atoms with Gasteiger partial charge in [0, 0.05) is 11.1 Å². The summed E-state index contributed by atoms with van der Waals surface area (Å²) in [5, 5.41) is 4.16. The highest BCUT2D eigenvalue weighted by Gasteiger charge is 2.13. The zero-order valence-corrected chi connectivity index (χ0v) is 11.3. The Morgan fingerprint density at radius 2 is 2.10 bits per heavy atom. The van der Waals surface area contributed by atoms with Gasteiger partial charge in [-0.2, -0.15) is 0 Å². The SMILES string of the molecule is Cc1cnc(C(C)Nc2ncnc3ccc(N)cc23)o1. The number of nitrogens with zero attached hydrogens (tertiary/aromatic N) is 3. The van der Waals surface area contributed by atoms with Crippen molar-refractivity contribution in [2.24, 2.45) is 0 Å². The van der Waals surface area contributed by atoms with Crippen molar-refractivity contribution in [1.82, 2.24) is 15.0 Å². The molecular formula is C14H15N5O. The highest BCUT2D eigenvalue weighted by atomic mass is 16.4. The van der Waals surface area contributed by atoms with Crippen LogP contribution in [0.2, 0.25) is 0 Å². The van der Waals surface area contributed by atoms with Crippen LogP contribution < -0.4 is 11.1 Å². The summed E-state index contributed by atoms with van der Waals surface area (Å²) in [6.45, 7) is 3.83. The summed E-state index contributed by atoms with van der Waals surface area (Å²) in [6.07, 6.45) is 3.22. The van der Waals surface area contributed by atoms with E-state index in [0.29, 0.717) is 17.4 Å². The molecule has 1 atom stereocenters. The summed E-state index contributed by atoms with van der Waals surface area (Å²) in [5.74, 6) is 2.12. The van der Waals surface area contributed by atoms with Crippen molar-refractivity contribution in [3.8, 4) is 0 Å². The lowest BCUT2D eigenvalue weighted by molar-refractivity contribution is 0.453. The lowest BCUT2D eigenvalue weighted by Gasteiger charge is -2.13. The normalized spacial score (nSPS) is 12.5. The monoisotopic (exact) mass is 269 g/mol. The number of oxazole rings is 1. The molecular weight excluding hydrogens is 254 g/mol. The van der Waals surface area contributed by atoms with Gasteiger partial charge in [-0.15, -0.1) is 0 Å². The van der Waals surface area contributed by atoms with E-state index in [1.807, 2.05) is 32.0 Å². The number of aromatic nitrogens is 3. The van der Waals surface area contributed by atoms with Crippen molar-refractivity contribution < 1.29 is 4.42 Å². The van der Waals surface area contributed by atoms with Crippen molar-refractivity contribution >= 4 is 22.4 Å². The van der Waals surface area contributed by atoms with Gasteiger partial charge in [0.15, 0.2) is 0 Å². The molecule has 1 aromatic carbocycles. The van der Waals surface area contributed by atoms with Crippen LogP contribution in [0.1, 0.15) is 24.6 Å². The van der Waals surface area contributed by atoms with Crippen molar-refractivity contribution in [2.45, 2.75) is 19.9 Å². The van der Waals surface area contributed by atoms with Crippen LogP contribution in [0.3, 0.4) is 0 Å². The third-order valence-corrected chi connectivity index (χ3v) is 3.02. The molecule has 6 nitrogen and oxygen atoms in total. The largest absolute Gasteiger partial charge is 0.444 e. The van der Waals surface area contributed by atoms with Crippen molar-refractivity contribution in [3.63, 3.8) is 0 Å². The first kappa shape index (κ1) is 12.4. The molecule has 102 valence electrons. The third-order valence-electron chi connectivity index (χ3n) is 3.02. The Hall–Kier alpha value is -2.63. The van der Waals surface area contributed by atoms with E-state index in [4.69, 9.17) is 10.2 Å². The van der Waals surface area contributed by atoms with Gasteiger partial charge >= 0.3 is 0 Å². The Morgan fingerprint density at radius 1 is 1.25 bits per heavy atom. The fourth-order valence-corrected chi connectivity index (χ4v) is 2.03. The van der Waals surface area contributed by atoms with Gasteiger partial charge in [-0.05, 0) is 32.0 Å². The van der Waals surface area contributed by atoms with E-state index < -0.39 is 0 Å². The summed E-state index contributed by atoms with van der Waals surface area (Å²) >= 11 is 0. The molecule has 0 saturated heterocycles. The van der Waals surface area contributed by atoms with E-state index in [1.165, 1.54) is 6.33 Å².